The zero-order valence-corrected chi connectivity index (χ0v) is 20.6. The van der Waals surface area contributed by atoms with Gasteiger partial charge in [-0.3, -0.25) is 14.4 Å². The molecule has 0 saturated carbocycles. The fourth-order valence-electron chi connectivity index (χ4n) is 5.57. The number of likely N-dealkylation sites (N-methyl/N-ethyl adjacent to an activating group) is 1. The number of carbonyl (C=O) groups excluding carboxylic acids is 3. The van der Waals surface area contributed by atoms with Crippen LogP contribution in [-0.4, -0.2) is 58.2 Å². The SMILES string of the molecule is CC(C)C[C@@H](C(=O)N1C[C@]2(C[C@H]1C#N)C(=O)Nc1ccccc12)N(C)C(=O)c1cc2ccccc2[nH]1. The quantitative estimate of drug-likeness (QED) is 0.577. The molecule has 1 spiro atoms. The van der Waals surface area contributed by atoms with Gasteiger partial charge in [0.05, 0.1) is 11.5 Å². The van der Waals surface area contributed by atoms with E-state index in [2.05, 4.69) is 16.4 Å². The van der Waals surface area contributed by atoms with Crippen molar-refractivity contribution in [2.24, 2.45) is 5.92 Å². The normalized spacial score (nSPS) is 21.5. The van der Waals surface area contributed by atoms with Crippen LogP contribution in [0.15, 0.2) is 54.6 Å². The van der Waals surface area contributed by atoms with Crippen molar-refractivity contribution in [1.29, 1.82) is 5.26 Å². The number of aromatic amines is 1. The number of nitrogens with zero attached hydrogens (tertiary/aromatic N) is 3. The second-order valence-electron chi connectivity index (χ2n) is 10.2. The number of fused-ring (bicyclic) bond motifs is 3. The molecule has 0 radical (unpaired) electrons. The van der Waals surface area contributed by atoms with E-state index in [0.717, 1.165) is 22.2 Å². The van der Waals surface area contributed by atoms with Crippen LogP contribution in [0.2, 0.25) is 0 Å². The Balaban J connectivity index is 1.46. The van der Waals surface area contributed by atoms with Gasteiger partial charge in [-0.15, -0.1) is 0 Å². The topological polar surface area (TPSA) is 109 Å². The number of rotatable bonds is 5. The third-order valence-electron chi connectivity index (χ3n) is 7.44. The predicted octanol–water partition coefficient (Wildman–Crippen LogP) is 3.67. The number of aromatic nitrogens is 1. The zero-order chi connectivity index (χ0) is 25.6. The molecule has 0 bridgehead atoms. The fraction of sp³-hybridized carbons (Fsp3) is 0.357. The molecule has 8 heteroatoms. The van der Waals surface area contributed by atoms with E-state index in [1.54, 1.807) is 13.1 Å². The first-order chi connectivity index (χ1) is 17.2. The number of nitriles is 1. The summed E-state index contributed by atoms with van der Waals surface area (Å²) in [6, 6.07) is 17.5. The van der Waals surface area contributed by atoms with Crippen molar-refractivity contribution in [2.75, 3.05) is 18.9 Å². The summed E-state index contributed by atoms with van der Waals surface area (Å²) < 4.78 is 0. The molecule has 0 unspecified atom stereocenters. The minimum absolute atomic E-state index is 0.107. The second kappa shape index (κ2) is 8.83. The first-order valence-corrected chi connectivity index (χ1v) is 12.2. The van der Waals surface area contributed by atoms with Crippen molar-refractivity contribution >= 4 is 34.3 Å². The van der Waals surface area contributed by atoms with E-state index in [4.69, 9.17) is 0 Å². The number of likely N-dealkylation sites (tertiary alicyclic amines) is 1. The number of hydrogen-bond acceptors (Lipinski definition) is 4. The molecule has 3 atom stereocenters. The molecule has 2 aromatic carbocycles. The number of anilines is 1. The van der Waals surface area contributed by atoms with Gasteiger partial charge in [0.15, 0.2) is 0 Å². The van der Waals surface area contributed by atoms with Gasteiger partial charge in [0, 0.05) is 36.6 Å². The van der Waals surface area contributed by atoms with E-state index in [1.165, 1.54) is 9.80 Å². The highest BCUT2D eigenvalue weighted by molar-refractivity contribution is 6.07. The van der Waals surface area contributed by atoms with Crippen LogP contribution in [0, 0.1) is 17.2 Å². The van der Waals surface area contributed by atoms with Gasteiger partial charge in [-0.1, -0.05) is 50.2 Å². The molecular formula is C28H29N5O3. The van der Waals surface area contributed by atoms with E-state index in [9.17, 15) is 19.6 Å². The molecule has 1 fully saturated rings. The summed E-state index contributed by atoms with van der Waals surface area (Å²) in [4.78, 5) is 46.7. The molecule has 3 amide bonds. The summed E-state index contributed by atoms with van der Waals surface area (Å²) in [6.07, 6.45) is 0.665. The van der Waals surface area contributed by atoms with Crippen molar-refractivity contribution in [1.82, 2.24) is 14.8 Å². The first kappa shape index (κ1) is 23.6. The molecule has 2 aliphatic heterocycles. The van der Waals surface area contributed by atoms with Crippen LogP contribution in [-0.2, 0) is 15.0 Å². The van der Waals surface area contributed by atoms with Crippen LogP contribution in [0.25, 0.3) is 10.9 Å². The van der Waals surface area contributed by atoms with E-state index in [1.807, 2.05) is 62.4 Å². The highest BCUT2D eigenvalue weighted by Gasteiger charge is 2.56. The van der Waals surface area contributed by atoms with E-state index < -0.39 is 17.5 Å². The molecule has 1 saturated heterocycles. The summed E-state index contributed by atoms with van der Waals surface area (Å²) in [5.74, 6) is -0.667. The molecule has 2 aliphatic rings. The van der Waals surface area contributed by atoms with Gasteiger partial charge in [-0.05, 0) is 36.1 Å². The molecule has 8 nitrogen and oxygen atoms in total. The first-order valence-electron chi connectivity index (χ1n) is 12.2. The maximum absolute atomic E-state index is 14.0. The summed E-state index contributed by atoms with van der Waals surface area (Å²) >= 11 is 0. The Labute approximate surface area is 209 Å². The van der Waals surface area contributed by atoms with Gasteiger partial charge in [-0.25, -0.2) is 0 Å². The lowest BCUT2D eigenvalue weighted by molar-refractivity contribution is -0.136. The molecule has 0 aliphatic carbocycles. The van der Waals surface area contributed by atoms with Crippen LogP contribution < -0.4 is 5.32 Å². The Bertz CT molecular complexity index is 1370. The van der Waals surface area contributed by atoms with Gasteiger partial charge in [0.1, 0.15) is 17.8 Å². The lowest BCUT2D eigenvalue weighted by Crippen LogP contribution is -2.52. The van der Waals surface area contributed by atoms with Crippen LogP contribution in [0.1, 0.15) is 42.7 Å². The molecular weight excluding hydrogens is 454 g/mol. The largest absolute Gasteiger partial charge is 0.351 e. The van der Waals surface area contributed by atoms with Crippen LogP contribution in [0.5, 0.6) is 0 Å². The van der Waals surface area contributed by atoms with E-state index in [0.29, 0.717) is 12.1 Å². The molecule has 5 rings (SSSR count). The van der Waals surface area contributed by atoms with Gasteiger partial charge in [0.25, 0.3) is 5.91 Å². The lowest BCUT2D eigenvalue weighted by atomic mass is 9.80. The highest BCUT2D eigenvalue weighted by atomic mass is 16.2. The minimum atomic E-state index is -0.964. The Morgan fingerprint density at radius 1 is 1.19 bits per heavy atom. The number of para-hydroxylation sites is 2. The Hall–Kier alpha value is -4.12. The lowest BCUT2D eigenvalue weighted by Gasteiger charge is -2.33. The number of nitrogens with one attached hydrogen (secondary N) is 2. The van der Waals surface area contributed by atoms with Crippen molar-refractivity contribution in [3.05, 3.63) is 65.9 Å². The summed E-state index contributed by atoms with van der Waals surface area (Å²) in [5.41, 5.74) is 1.82. The zero-order valence-electron chi connectivity index (χ0n) is 20.6. The molecule has 3 aromatic rings. The second-order valence-corrected chi connectivity index (χ2v) is 10.2. The monoisotopic (exact) mass is 483 g/mol. The van der Waals surface area contributed by atoms with Crippen LogP contribution >= 0.6 is 0 Å². The fourth-order valence-corrected chi connectivity index (χ4v) is 5.57. The Kier molecular flexibility index (Phi) is 5.79. The summed E-state index contributed by atoms with van der Waals surface area (Å²) in [7, 11) is 1.63. The van der Waals surface area contributed by atoms with Crippen LogP contribution in [0.4, 0.5) is 5.69 Å². The van der Waals surface area contributed by atoms with E-state index in [-0.39, 0.29) is 36.6 Å². The number of amides is 3. The number of H-pyrrole nitrogens is 1. The average Bonchev–Trinajstić information content (AvgIpc) is 3.55. The van der Waals surface area contributed by atoms with Gasteiger partial charge >= 0.3 is 0 Å². The number of benzene rings is 2. The smallest absolute Gasteiger partial charge is 0.270 e. The van der Waals surface area contributed by atoms with E-state index >= 15 is 0 Å². The molecule has 36 heavy (non-hydrogen) atoms. The molecule has 3 heterocycles. The van der Waals surface area contributed by atoms with Gasteiger partial charge in [-0.2, -0.15) is 5.26 Å². The number of carbonyl (C=O) groups is 3. The molecule has 2 N–H and O–H groups in total. The highest BCUT2D eigenvalue weighted by Crippen LogP contribution is 2.46. The van der Waals surface area contributed by atoms with Crippen molar-refractivity contribution in [3.63, 3.8) is 0 Å². The minimum Gasteiger partial charge on any atom is -0.351 e. The van der Waals surface area contributed by atoms with Crippen molar-refractivity contribution < 1.29 is 14.4 Å². The maximum Gasteiger partial charge on any atom is 0.270 e. The van der Waals surface area contributed by atoms with Crippen molar-refractivity contribution in [2.45, 2.75) is 44.2 Å². The third kappa shape index (κ3) is 3.72. The average molecular weight is 484 g/mol. The number of hydrogen-bond donors (Lipinski definition) is 2. The maximum atomic E-state index is 14.0. The Morgan fingerprint density at radius 2 is 1.92 bits per heavy atom. The van der Waals surface area contributed by atoms with Gasteiger partial charge < -0.3 is 20.1 Å². The van der Waals surface area contributed by atoms with Gasteiger partial charge in [0.2, 0.25) is 11.8 Å². The third-order valence-corrected chi connectivity index (χ3v) is 7.44. The Morgan fingerprint density at radius 3 is 2.64 bits per heavy atom. The summed E-state index contributed by atoms with van der Waals surface area (Å²) in [5, 5.41) is 13.8. The predicted molar refractivity (Wildman–Crippen MR) is 136 cm³/mol. The van der Waals surface area contributed by atoms with Crippen LogP contribution in [0.3, 0.4) is 0 Å². The molecule has 1 aromatic heterocycles. The standard InChI is InChI=1S/C28H29N5O3/c1-17(2)12-24(32(3)25(34)23-13-18-8-4-6-10-21(18)30-23)26(35)33-16-28(14-19(33)15-29)20-9-5-7-11-22(20)31-27(28)36/h4-11,13,17,19,24,30H,12,14,16H2,1-3H3,(H,31,36)/t19-,24-,28-/m0/s1. The van der Waals surface area contributed by atoms with Crippen molar-refractivity contribution in [3.8, 4) is 6.07 Å². The molecule has 184 valence electrons. The summed E-state index contributed by atoms with van der Waals surface area (Å²) in [6.45, 7) is 4.10.